The number of aromatic carboxylic acids is 1. The molecule has 8 nitrogen and oxygen atoms in total. The van der Waals surface area contributed by atoms with Crippen LogP contribution < -0.4 is 5.32 Å². The third-order valence-electron chi connectivity index (χ3n) is 2.02. The van der Waals surface area contributed by atoms with E-state index in [1.54, 1.807) is 6.92 Å². The van der Waals surface area contributed by atoms with Gasteiger partial charge in [-0.05, 0) is 6.92 Å². The standard InChI is InChI=1S/C9H9N5O3/c1-5-6(8(15)16)2-10-9(13-5)11-3-7-12-4-17-14-7/h2,4H,3H2,1H3,(H,15,16)(H,10,11,13). The number of anilines is 1. The molecule has 0 saturated heterocycles. The molecular weight excluding hydrogens is 226 g/mol. The number of rotatable bonds is 4. The number of nitrogens with zero attached hydrogens (tertiary/aromatic N) is 4. The lowest BCUT2D eigenvalue weighted by Crippen LogP contribution is -2.09. The predicted molar refractivity (Wildman–Crippen MR) is 55.4 cm³/mol. The third-order valence-corrected chi connectivity index (χ3v) is 2.02. The molecule has 0 atom stereocenters. The highest BCUT2D eigenvalue weighted by atomic mass is 16.5. The van der Waals surface area contributed by atoms with Gasteiger partial charge in [0.2, 0.25) is 12.3 Å². The molecule has 2 aromatic heterocycles. The average Bonchev–Trinajstić information content (AvgIpc) is 2.78. The molecule has 2 aromatic rings. The second kappa shape index (κ2) is 4.56. The van der Waals surface area contributed by atoms with Gasteiger partial charge < -0.3 is 14.9 Å². The van der Waals surface area contributed by atoms with Crippen LogP contribution in [-0.4, -0.2) is 31.2 Å². The van der Waals surface area contributed by atoms with E-state index in [1.807, 2.05) is 0 Å². The van der Waals surface area contributed by atoms with Gasteiger partial charge in [-0.25, -0.2) is 14.8 Å². The second-order valence-electron chi connectivity index (χ2n) is 3.20. The van der Waals surface area contributed by atoms with Gasteiger partial charge in [0.15, 0.2) is 5.82 Å². The van der Waals surface area contributed by atoms with Gasteiger partial charge in [0, 0.05) is 6.20 Å². The van der Waals surface area contributed by atoms with Gasteiger partial charge in [-0.2, -0.15) is 4.98 Å². The van der Waals surface area contributed by atoms with Gasteiger partial charge in [0.05, 0.1) is 17.8 Å². The fourth-order valence-corrected chi connectivity index (χ4v) is 1.19. The lowest BCUT2D eigenvalue weighted by molar-refractivity contribution is 0.0695. The van der Waals surface area contributed by atoms with Gasteiger partial charge in [-0.3, -0.25) is 0 Å². The number of aromatic nitrogens is 4. The summed E-state index contributed by atoms with van der Waals surface area (Å²) in [6, 6.07) is 0. The lowest BCUT2D eigenvalue weighted by Gasteiger charge is -2.04. The Hall–Kier alpha value is -2.51. The zero-order chi connectivity index (χ0) is 12.3. The normalized spacial score (nSPS) is 10.2. The maximum Gasteiger partial charge on any atom is 0.339 e. The molecule has 0 bridgehead atoms. The van der Waals surface area contributed by atoms with Crippen LogP contribution in [0, 0.1) is 6.92 Å². The van der Waals surface area contributed by atoms with Crippen molar-refractivity contribution in [1.82, 2.24) is 20.1 Å². The summed E-state index contributed by atoms with van der Waals surface area (Å²) in [6.07, 6.45) is 2.47. The van der Waals surface area contributed by atoms with E-state index in [2.05, 4.69) is 29.9 Å². The van der Waals surface area contributed by atoms with Crippen molar-refractivity contribution in [2.45, 2.75) is 13.5 Å². The highest BCUT2D eigenvalue weighted by Crippen LogP contribution is 2.07. The smallest absolute Gasteiger partial charge is 0.339 e. The molecule has 0 aliphatic heterocycles. The molecule has 8 heteroatoms. The first kappa shape index (κ1) is 11.0. The van der Waals surface area contributed by atoms with Crippen LogP contribution in [0.5, 0.6) is 0 Å². The maximum atomic E-state index is 10.7. The lowest BCUT2D eigenvalue weighted by atomic mass is 10.2. The molecule has 0 spiro atoms. The number of hydrogen-bond acceptors (Lipinski definition) is 7. The van der Waals surface area contributed by atoms with E-state index in [-0.39, 0.29) is 5.56 Å². The monoisotopic (exact) mass is 235 g/mol. The Bertz CT molecular complexity index is 525. The van der Waals surface area contributed by atoms with Gasteiger partial charge in [-0.15, -0.1) is 0 Å². The molecule has 0 aliphatic rings. The molecule has 0 radical (unpaired) electrons. The van der Waals surface area contributed by atoms with Crippen LogP contribution in [0.15, 0.2) is 17.1 Å². The van der Waals surface area contributed by atoms with E-state index in [4.69, 9.17) is 5.11 Å². The van der Waals surface area contributed by atoms with Crippen LogP contribution in [0.25, 0.3) is 0 Å². The maximum absolute atomic E-state index is 10.7. The summed E-state index contributed by atoms with van der Waals surface area (Å²) < 4.78 is 4.56. The van der Waals surface area contributed by atoms with Gasteiger partial charge in [-0.1, -0.05) is 5.16 Å². The van der Waals surface area contributed by atoms with E-state index >= 15 is 0 Å². The second-order valence-corrected chi connectivity index (χ2v) is 3.20. The average molecular weight is 235 g/mol. The van der Waals surface area contributed by atoms with Gasteiger partial charge in [0.25, 0.3) is 0 Å². The quantitative estimate of drug-likeness (QED) is 0.786. The number of carboxylic acid groups (broad SMARTS) is 1. The van der Waals surface area contributed by atoms with Crippen molar-refractivity contribution >= 4 is 11.9 Å². The summed E-state index contributed by atoms with van der Waals surface area (Å²) in [5, 5.41) is 15.3. The Kier molecular flexibility index (Phi) is 2.95. The highest BCUT2D eigenvalue weighted by Gasteiger charge is 2.09. The summed E-state index contributed by atoms with van der Waals surface area (Å²) in [4.78, 5) is 22.4. The first-order valence-electron chi connectivity index (χ1n) is 4.73. The summed E-state index contributed by atoms with van der Waals surface area (Å²) in [5.41, 5.74) is 0.471. The van der Waals surface area contributed by atoms with Crippen LogP contribution in [-0.2, 0) is 6.54 Å². The Morgan fingerprint density at radius 1 is 1.53 bits per heavy atom. The number of nitrogens with one attached hydrogen (secondary N) is 1. The van der Waals surface area contributed by atoms with Crippen LogP contribution in [0.2, 0.25) is 0 Å². The fourth-order valence-electron chi connectivity index (χ4n) is 1.19. The number of aryl methyl sites for hydroxylation is 1. The number of carboxylic acids is 1. The SMILES string of the molecule is Cc1nc(NCc2ncon2)ncc1C(=O)O. The predicted octanol–water partition coefficient (Wildman–Crippen LogP) is 0.478. The molecule has 88 valence electrons. The molecule has 0 aliphatic carbocycles. The first-order valence-corrected chi connectivity index (χ1v) is 4.73. The largest absolute Gasteiger partial charge is 0.478 e. The molecule has 17 heavy (non-hydrogen) atoms. The zero-order valence-corrected chi connectivity index (χ0v) is 8.91. The van der Waals surface area contributed by atoms with Crippen molar-refractivity contribution in [2.24, 2.45) is 0 Å². The Balaban J connectivity index is 2.07. The molecule has 2 rings (SSSR count). The topological polar surface area (TPSA) is 114 Å². The molecule has 0 aromatic carbocycles. The Morgan fingerprint density at radius 3 is 2.94 bits per heavy atom. The fraction of sp³-hybridized carbons (Fsp3) is 0.222. The molecular formula is C9H9N5O3. The minimum Gasteiger partial charge on any atom is -0.478 e. The number of hydrogen-bond donors (Lipinski definition) is 2. The molecule has 2 heterocycles. The van der Waals surface area contributed by atoms with Crippen LogP contribution in [0.1, 0.15) is 21.9 Å². The minimum absolute atomic E-state index is 0.0788. The third kappa shape index (κ3) is 2.54. The summed E-state index contributed by atoms with van der Waals surface area (Å²) in [7, 11) is 0. The van der Waals surface area contributed by atoms with E-state index in [0.717, 1.165) is 0 Å². The van der Waals surface area contributed by atoms with Crippen LogP contribution >= 0.6 is 0 Å². The summed E-state index contributed by atoms with van der Waals surface area (Å²) >= 11 is 0. The Labute approximate surface area is 95.7 Å². The minimum atomic E-state index is -1.05. The van der Waals surface area contributed by atoms with Crippen LogP contribution in [0.3, 0.4) is 0 Å². The zero-order valence-electron chi connectivity index (χ0n) is 8.91. The van der Waals surface area contributed by atoms with E-state index in [9.17, 15) is 4.79 Å². The van der Waals surface area contributed by atoms with E-state index in [1.165, 1.54) is 12.6 Å². The molecule has 2 N–H and O–H groups in total. The molecule has 0 amide bonds. The van der Waals surface area contributed by atoms with Crippen LogP contribution in [0.4, 0.5) is 5.95 Å². The van der Waals surface area contributed by atoms with Crippen molar-refractivity contribution in [3.05, 3.63) is 29.7 Å². The Morgan fingerprint density at radius 2 is 2.35 bits per heavy atom. The number of carbonyl (C=O) groups is 1. The molecule has 0 unspecified atom stereocenters. The highest BCUT2D eigenvalue weighted by molar-refractivity contribution is 5.88. The van der Waals surface area contributed by atoms with Crippen molar-refractivity contribution in [3.8, 4) is 0 Å². The summed E-state index contributed by atoms with van der Waals surface area (Å²) in [6.45, 7) is 1.91. The van der Waals surface area contributed by atoms with Crippen molar-refractivity contribution < 1.29 is 14.4 Å². The van der Waals surface area contributed by atoms with E-state index in [0.29, 0.717) is 24.0 Å². The molecule has 0 saturated carbocycles. The van der Waals surface area contributed by atoms with Crippen molar-refractivity contribution in [2.75, 3.05) is 5.32 Å². The van der Waals surface area contributed by atoms with E-state index < -0.39 is 5.97 Å². The summed E-state index contributed by atoms with van der Waals surface area (Å²) in [5.74, 6) is -0.266. The van der Waals surface area contributed by atoms with Gasteiger partial charge in [0.1, 0.15) is 0 Å². The molecule has 0 fully saturated rings. The first-order chi connectivity index (χ1) is 8.16. The van der Waals surface area contributed by atoms with Crippen molar-refractivity contribution in [3.63, 3.8) is 0 Å². The van der Waals surface area contributed by atoms with Crippen molar-refractivity contribution in [1.29, 1.82) is 0 Å². The van der Waals surface area contributed by atoms with Gasteiger partial charge >= 0.3 is 5.97 Å².